The molecule has 0 spiro atoms. The fraction of sp³-hybridized carbons (Fsp3) is 0.412. The number of carbonyl (C=O) groups excluding carboxylic acids is 1. The number of likely N-dealkylation sites (N-methyl/N-ethyl adjacent to an activating group) is 1. The van der Waals surface area contributed by atoms with Crippen LogP contribution in [0.3, 0.4) is 0 Å². The molecule has 1 amide bonds. The maximum absolute atomic E-state index is 13.4. The topological polar surface area (TPSA) is 92.8 Å². The summed E-state index contributed by atoms with van der Waals surface area (Å²) < 4.78 is 9.75. The lowest BCUT2D eigenvalue weighted by atomic mass is 10.1. The van der Waals surface area contributed by atoms with Crippen molar-refractivity contribution in [3.8, 4) is 5.75 Å². The third-order valence-corrected chi connectivity index (χ3v) is 7.92. The lowest BCUT2D eigenvalue weighted by Gasteiger charge is -2.32. The number of carbonyl (C=O) groups is 1. The Labute approximate surface area is 259 Å². The summed E-state index contributed by atoms with van der Waals surface area (Å²) in [6.07, 6.45) is 3.44. The molecular formula is C34H44N8O2. The van der Waals surface area contributed by atoms with Gasteiger partial charge in [-0.1, -0.05) is 39.8 Å². The molecule has 1 fully saturated rings. The summed E-state index contributed by atoms with van der Waals surface area (Å²) in [5.41, 5.74) is 5.63. The highest BCUT2D eigenvalue weighted by Crippen LogP contribution is 2.28. The molecule has 0 aliphatic carbocycles. The second-order valence-corrected chi connectivity index (χ2v) is 11.3. The minimum atomic E-state index is -0.239. The fourth-order valence-electron chi connectivity index (χ4n) is 5.48. The van der Waals surface area contributed by atoms with Gasteiger partial charge < -0.3 is 15.0 Å². The van der Waals surface area contributed by atoms with Gasteiger partial charge >= 0.3 is 0 Å². The van der Waals surface area contributed by atoms with Crippen molar-refractivity contribution in [2.24, 2.45) is 0 Å². The van der Waals surface area contributed by atoms with Gasteiger partial charge in [0.15, 0.2) is 0 Å². The average molecular weight is 597 g/mol. The first kappa shape index (κ1) is 31.2. The van der Waals surface area contributed by atoms with Crippen LogP contribution in [0.25, 0.3) is 16.6 Å². The Morgan fingerprint density at radius 3 is 2.59 bits per heavy atom. The molecule has 232 valence electrons. The summed E-state index contributed by atoms with van der Waals surface area (Å²) in [4.78, 5) is 27.5. The predicted octanol–water partition coefficient (Wildman–Crippen LogP) is 5.46. The quantitative estimate of drug-likeness (QED) is 0.241. The number of nitrogens with one attached hydrogen (secondary N) is 1. The molecule has 4 aromatic heterocycles. The minimum absolute atomic E-state index is 0.239. The van der Waals surface area contributed by atoms with Crippen molar-refractivity contribution in [3.63, 3.8) is 0 Å². The highest BCUT2D eigenvalue weighted by Gasteiger charge is 2.18. The molecule has 10 nitrogen and oxygen atoms in total. The molecule has 0 atom stereocenters. The number of rotatable bonds is 9. The molecule has 1 aliphatic rings. The third-order valence-electron chi connectivity index (χ3n) is 7.92. The van der Waals surface area contributed by atoms with Gasteiger partial charge in [0.1, 0.15) is 23.7 Å². The minimum Gasteiger partial charge on any atom is -0.492 e. The van der Waals surface area contributed by atoms with E-state index in [9.17, 15) is 4.79 Å². The maximum Gasteiger partial charge on any atom is 0.274 e. The first-order valence-electron chi connectivity index (χ1n) is 15.6. The van der Waals surface area contributed by atoms with Crippen LogP contribution in [0.4, 0.5) is 5.69 Å². The molecule has 44 heavy (non-hydrogen) atoms. The van der Waals surface area contributed by atoms with Crippen LogP contribution in [-0.2, 0) is 6.54 Å². The molecule has 1 aromatic carbocycles. The number of hydrogen-bond acceptors (Lipinski definition) is 7. The van der Waals surface area contributed by atoms with Crippen molar-refractivity contribution in [1.82, 2.24) is 33.9 Å². The van der Waals surface area contributed by atoms with E-state index in [1.54, 1.807) is 10.6 Å². The van der Waals surface area contributed by atoms with E-state index >= 15 is 0 Å². The second-order valence-electron chi connectivity index (χ2n) is 11.3. The molecule has 0 radical (unpaired) electrons. The smallest absolute Gasteiger partial charge is 0.274 e. The number of pyridine rings is 2. The number of piperazine rings is 1. The highest BCUT2D eigenvalue weighted by atomic mass is 16.5. The Kier molecular flexibility index (Phi) is 9.92. The normalized spacial score (nSPS) is 14.2. The first-order chi connectivity index (χ1) is 21.4. The second kappa shape index (κ2) is 14.0. The number of hydrogen-bond donors (Lipinski definition) is 1. The summed E-state index contributed by atoms with van der Waals surface area (Å²) in [7, 11) is 2.16. The third kappa shape index (κ3) is 6.92. The lowest BCUT2D eigenvalue weighted by Crippen LogP contribution is -2.45. The van der Waals surface area contributed by atoms with Gasteiger partial charge in [0, 0.05) is 56.1 Å². The Morgan fingerprint density at radius 1 is 1.05 bits per heavy atom. The van der Waals surface area contributed by atoms with Gasteiger partial charge in [0.05, 0.1) is 35.3 Å². The summed E-state index contributed by atoms with van der Waals surface area (Å²) in [5, 5.41) is 8.81. The molecule has 10 heteroatoms. The van der Waals surface area contributed by atoms with E-state index in [0.29, 0.717) is 36.1 Å². The number of anilines is 1. The van der Waals surface area contributed by atoms with Crippen LogP contribution in [0, 0.1) is 6.92 Å². The fourth-order valence-corrected chi connectivity index (χ4v) is 5.48. The van der Waals surface area contributed by atoms with E-state index in [-0.39, 0.29) is 5.91 Å². The highest BCUT2D eigenvalue weighted by molar-refractivity contribution is 6.08. The van der Waals surface area contributed by atoms with Gasteiger partial charge in [-0.25, -0.2) is 4.98 Å². The van der Waals surface area contributed by atoms with Crippen LogP contribution in [0.5, 0.6) is 5.75 Å². The number of nitrogens with zero attached hydrogens (tertiary/aromatic N) is 7. The van der Waals surface area contributed by atoms with Crippen LogP contribution >= 0.6 is 0 Å². The van der Waals surface area contributed by atoms with Crippen molar-refractivity contribution in [1.29, 1.82) is 0 Å². The number of benzene rings is 1. The van der Waals surface area contributed by atoms with Crippen LogP contribution in [-0.4, -0.2) is 86.2 Å². The molecule has 5 aromatic rings. The predicted molar refractivity (Wildman–Crippen MR) is 176 cm³/mol. The molecule has 1 saturated heterocycles. The van der Waals surface area contributed by atoms with E-state index < -0.39 is 0 Å². The molecule has 1 aliphatic heterocycles. The Morgan fingerprint density at radius 2 is 1.82 bits per heavy atom. The van der Waals surface area contributed by atoms with Crippen LogP contribution in [0.1, 0.15) is 61.2 Å². The van der Waals surface area contributed by atoms with Gasteiger partial charge in [0.25, 0.3) is 5.91 Å². The Hall–Kier alpha value is -4.28. The van der Waals surface area contributed by atoms with E-state index in [2.05, 4.69) is 47.1 Å². The van der Waals surface area contributed by atoms with Gasteiger partial charge in [-0.3, -0.25) is 23.8 Å². The van der Waals surface area contributed by atoms with Crippen molar-refractivity contribution >= 4 is 28.1 Å². The van der Waals surface area contributed by atoms with E-state index in [1.807, 2.05) is 74.1 Å². The average Bonchev–Trinajstić information content (AvgIpc) is 3.60. The maximum atomic E-state index is 13.4. The largest absolute Gasteiger partial charge is 0.492 e. The molecule has 0 saturated carbocycles. The van der Waals surface area contributed by atoms with Crippen molar-refractivity contribution in [2.75, 3.05) is 51.7 Å². The van der Waals surface area contributed by atoms with E-state index in [1.165, 1.54) is 0 Å². The van der Waals surface area contributed by atoms with Gasteiger partial charge in [-0.15, -0.1) is 0 Å². The van der Waals surface area contributed by atoms with E-state index in [4.69, 9.17) is 14.8 Å². The van der Waals surface area contributed by atoms with E-state index in [0.717, 1.165) is 66.5 Å². The molecule has 1 N–H and O–H groups in total. The zero-order valence-electron chi connectivity index (χ0n) is 26.7. The number of aromatic nitrogens is 5. The lowest BCUT2D eigenvalue weighted by molar-refractivity contribution is 0.102. The van der Waals surface area contributed by atoms with Crippen LogP contribution < -0.4 is 10.1 Å². The van der Waals surface area contributed by atoms with Crippen molar-refractivity contribution < 1.29 is 9.53 Å². The number of amides is 1. The number of imidazole rings is 1. The summed E-state index contributed by atoms with van der Waals surface area (Å²) in [6.45, 7) is 16.6. The number of aryl methyl sites for hydroxylation is 1. The summed E-state index contributed by atoms with van der Waals surface area (Å²) in [5.74, 6) is 0.862. The van der Waals surface area contributed by atoms with Gasteiger partial charge in [-0.05, 0) is 50.2 Å². The zero-order valence-corrected chi connectivity index (χ0v) is 26.7. The molecule has 0 bridgehead atoms. The Bertz CT molecular complexity index is 1720. The molecule has 6 rings (SSSR count). The summed E-state index contributed by atoms with van der Waals surface area (Å²) in [6, 6.07) is 15.7. The number of fused-ring (bicyclic) bond motifs is 2. The van der Waals surface area contributed by atoms with Crippen LogP contribution in [0.2, 0.25) is 0 Å². The molecular weight excluding hydrogens is 552 g/mol. The van der Waals surface area contributed by atoms with Gasteiger partial charge in [0.2, 0.25) is 0 Å². The monoisotopic (exact) mass is 596 g/mol. The summed E-state index contributed by atoms with van der Waals surface area (Å²) >= 11 is 0. The molecule has 5 heterocycles. The van der Waals surface area contributed by atoms with Gasteiger partial charge in [-0.2, -0.15) is 5.10 Å². The van der Waals surface area contributed by atoms with Crippen molar-refractivity contribution in [2.45, 2.75) is 47.1 Å². The SMILES string of the molecule is CC.Cc1nn(Cc2cccc(C(C)C)n2)c2cccc(NC(=O)c3cnc4cc(OCCN5CCN(C)CC5)ccn34)c12. The first-order valence-corrected chi connectivity index (χ1v) is 15.6. The Balaban J connectivity index is 0.00000188. The zero-order chi connectivity index (χ0) is 31.2. The van der Waals surface area contributed by atoms with Crippen molar-refractivity contribution in [3.05, 3.63) is 83.7 Å². The standard InChI is InChI=1S/C32H38N8O2.C2H6/c1-22(2)26-8-5-7-24(34-26)21-40-28-10-6-9-27(31(28)23(3)36-40)35-32(41)29-20-33-30-19-25(11-12-39(29)30)42-18-17-38-15-13-37(4)14-16-38;1-2/h5-12,19-20,22H,13-18,21H2,1-4H3,(H,35,41);1-2H3. The molecule has 0 unspecified atom stereocenters. The van der Waals surface area contributed by atoms with Crippen LogP contribution in [0.15, 0.2) is 60.9 Å². The number of ether oxygens (including phenoxy) is 1.